The van der Waals surface area contributed by atoms with E-state index in [-0.39, 0.29) is 5.82 Å². The molecule has 10 heteroatoms. The number of quaternary nitrogens is 1. The Bertz CT molecular complexity index is 1300. The molecule has 3 N–H and O–H groups in total. The lowest BCUT2D eigenvalue weighted by Crippen LogP contribution is -2.69. The Morgan fingerprint density at radius 1 is 1.10 bits per heavy atom. The normalized spacial score (nSPS) is 13.1. The lowest BCUT2D eigenvalue weighted by atomic mass is 10.1. The van der Waals surface area contributed by atoms with E-state index in [0.717, 1.165) is 15.6 Å². The summed E-state index contributed by atoms with van der Waals surface area (Å²) in [6.07, 6.45) is 1.67. The van der Waals surface area contributed by atoms with Crippen LogP contribution in [0, 0.1) is 5.82 Å². The maximum absolute atomic E-state index is 14.3. The molecule has 1 aliphatic heterocycles. The molecule has 0 radical (unpaired) electrons. The fraction of sp³-hybridized carbons (Fsp3) is 0.0500. The number of nitrogens with two attached hydrogens (primary N) is 1. The van der Waals surface area contributed by atoms with Gasteiger partial charge in [0.1, 0.15) is 11.6 Å². The van der Waals surface area contributed by atoms with Gasteiger partial charge in [0.15, 0.2) is 5.65 Å². The molecule has 0 saturated carbocycles. The zero-order valence-corrected chi connectivity index (χ0v) is 17.1. The number of nitrogens with zero attached hydrogens (tertiary/aromatic N) is 6. The van der Waals surface area contributed by atoms with Crippen molar-refractivity contribution in [3.05, 3.63) is 82.2 Å². The van der Waals surface area contributed by atoms with Gasteiger partial charge in [0, 0.05) is 23.7 Å². The molecule has 4 aromatic rings. The lowest BCUT2D eigenvalue weighted by Gasteiger charge is -2.11. The van der Waals surface area contributed by atoms with Crippen LogP contribution in [0.2, 0.25) is 0 Å². The van der Waals surface area contributed by atoms with Crippen LogP contribution in [0.15, 0.2) is 80.7 Å². The maximum Gasteiger partial charge on any atom is 0.244 e. The van der Waals surface area contributed by atoms with E-state index in [0.29, 0.717) is 35.1 Å². The Morgan fingerprint density at radius 3 is 2.70 bits per heavy atom. The zero-order valence-electron chi connectivity index (χ0n) is 15.5. The number of amidine groups is 1. The van der Waals surface area contributed by atoms with Crippen LogP contribution in [0.4, 0.5) is 10.2 Å². The second-order valence-electron chi connectivity index (χ2n) is 6.57. The standard InChI is InChI=1S/C20H14BrFN8/c21-15-11-24-30-18(9-17(25-20(15)30)14-3-1-2-4-16(14)22)23-10-12-5-7-13(8-6-12)19-26-28-29-27-19/h1-9,11,23H,10H2,(H,26,27,28,29)/p+1. The molecule has 0 atom stereocenters. The number of fused-ring (bicyclic) bond motifs is 1. The maximum atomic E-state index is 14.3. The Morgan fingerprint density at radius 2 is 1.93 bits per heavy atom. The molecule has 3 heterocycles. The highest BCUT2D eigenvalue weighted by Crippen LogP contribution is 2.27. The molecule has 2 aromatic carbocycles. The summed E-state index contributed by atoms with van der Waals surface area (Å²) < 4.78 is 16.7. The van der Waals surface area contributed by atoms with Crippen LogP contribution < -0.4 is 10.9 Å². The Hall–Kier alpha value is -3.50. The van der Waals surface area contributed by atoms with E-state index in [1.54, 1.807) is 35.0 Å². The van der Waals surface area contributed by atoms with Crippen LogP contribution in [0.25, 0.3) is 16.9 Å². The fourth-order valence-corrected chi connectivity index (χ4v) is 3.50. The van der Waals surface area contributed by atoms with Gasteiger partial charge in [-0.25, -0.2) is 9.37 Å². The van der Waals surface area contributed by atoms with Crippen molar-refractivity contribution in [1.29, 1.82) is 0 Å². The summed E-state index contributed by atoms with van der Waals surface area (Å²) in [4.78, 5) is 4.58. The molecular formula is C20H15BrFN8+. The number of hydrogen-bond donors (Lipinski definition) is 2. The fourth-order valence-electron chi connectivity index (χ4n) is 3.15. The first-order chi connectivity index (χ1) is 14.7. The van der Waals surface area contributed by atoms with Crippen molar-refractivity contribution in [2.75, 3.05) is 5.32 Å². The molecule has 0 saturated heterocycles. The van der Waals surface area contributed by atoms with Gasteiger partial charge in [0.05, 0.1) is 21.6 Å². The van der Waals surface area contributed by atoms with Crippen molar-refractivity contribution in [1.82, 2.24) is 14.6 Å². The SMILES string of the molecule is Fc1ccccc1-c1cc(NCc2ccc(C3=N[NH2+]N=N3)cc2)n2ncc(Br)c2n1. The number of benzene rings is 2. The smallest absolute Gasteiger partial charge is 0.244 e. The van der Waals surface area contributed by atoms with Gasteiger partial charge in [-0.2, -0.15) is 9.61 Å². The van der Waals surface area contributed by atoms with Crippen LogP contribution in [0.3, 0.4) is 0 Å². The van der Waals surface area contributed by atoms with E-state index in [4.69, 9.17) is 0 Å². The Labute approximate surface area is 178 Å². The van der Waals surface area contributed by atoms with Gasteiger partial charge in [-0.1, -0.05) is 47.0 Å². The van der Waals surface area contributed by atoms with Gasteiger partial charge in [-0.15, -0.1) is 0 Å². The number of anilines is 1. The van der Waals surface area contributed by atoms with Gasteiger partial charge in [-0.3, -0.25) is 0 Å². The van der Waals surface area contributed by atoms with Crippen LogP contribution in [0.1, 0.15) is 11.1 Å². The number of halogens is 2. The zero-order chi connectivity index (χ0) is 20.5. The van der Waals surface area contributed by atoms with Gasteiger partial charge >= 0.3 is 0 Å². The number of nitrogens with one attached hydrogen (secondary N) is 1. The molecule has 0 bridgehead atoms. The third-order valence-electron chi connectivity index (χ3n) is 4.65. The molecule has 30 heavy (non-hydrogen) atoms. The monoisotopic (exact) mass is 465 g/mol. The molecular weight excluding hydrogens is 451 g/mol. The van der Waals surface area contributed by atoms with Crippen molar-refractivity contribution in [2.24, 2.45) is 15.4 Å². The lowest BCUT2D eigenvalue weighted by molar-refractivity contribution is -0.668. The largest absolute Gasteiger partial charge is 0.366 e. The molecule has 8 nitrogen and oxygen atoms in total. The number of aromatic nitrogens is 3. The van der Waals surface area contributed by atoms with E-state index in [9.17, 15) is 4.39 Å². The Kier molecular flexibility index (Phi) is 4.77. The summed E-state index contributed by atoms with van der Waals surface area (Å²) in [7, 11) is 0. The molecule has 0 amide bonds. The Balaban J connectivity index is 1.45. The summed E-state index contributed by atoms with van der Waals surface area (Å²) in [5.74, 6) is 0.980. The first-order valence-electron chi connectivity index (χ1n) is 9.12. The molecule has 2 aromatic heterocycles. The van der Waals surface area contributed by atoms with Gasteiger partial charge in [0.2, 0.25) is 5.84 Å². The van der Waals surface area contributed by atoms with Gasteiger partial charge < -0.3 is 5.32 Å². The molecule has 0 unspecified atom stereocenters. The first-order valence-corrected chi connectivity index (χ1v) is 9.91. The highest BCUT2D eigenvalue weighted by molar-refractivity contribution is 9.10. The molecule has 148 valence electrons. The summed E-state index contributed by atoms with van der Waals surface area (Å²) >= 11 is 3.46. The topological polar surface area (TPSA) is 95.9 Å². The van der Waals surface area contributed by atoms with E-state index in [2.05, 4.69) is 46.8 Å². The second kappa shape index (κ2) is 7.73. The minimum atomic E-state index is -0.323. The van der Waals surface area contributed by atoms with Crippen LogP contribution in [-0.4, -0.2) is 20.4 Å². The first kappa shape index (κ1) is 18.5. The van der Waals surface area contributed by atoms with E-state index < -0.39 is 0 Å². The molecule has 5 rings (SSSR count). The average Bonchev–Trinajstić information content (AvgIpc) is 3.43. The van der Waals surface area contributed by atoms with E-state index in [1.165, 1.54) is 11.6 Å². The van der Waals surface area contributed by atoms with Crippen molar-refractivity contribution >= 4 is 33.2 Å². The number of hydrogen-bond acceptors (Lipinski definition) is 6. The molecule has 1 aliphatic rings. The third-order valence-corrected chi connectivity index (χ3v) is 5.21. The summed E-state index contributed by atoms with van der Waals surface area (Å²) in [5.41, 5.74) is 4.95. The molecule has 0 spiro atoms. The second-order valence-corrected chi connectivity index (χ2v) is 7.42. The van der Waals surface area contributed by atoms with Crippen molar-refractivity contribution in [3.63, 3.8) is 0 Å². The van der Waals surface area contributed by atoms with Crippen molar-refractivity contribution in [3.8, 4) is 11.3 Å². The summed E-state index contributed by atoms with van der Waals surface area (Å²) in [6, 6.07) is 16.3. The van der Waals surface area contributed by atoms with E-state index in [1.807, 2.05) is 24.3 Å². The number of rotatable bonds is 5. The minimum absolute atomic E-state index is 0.323. The molecule has 0 aliphatic carbocycles. The minimum Gasteiger partial charge on any atom is -0.366 e. The summed E-state index contributed by atoms with van der Waals surface area (Å²) in [5, 5.41) is 19.5. The van der Waals surface area contributed by atoms with Crippen LogP contribution >= 0.6 is 15.9 Å². The highest BCUT2D eigenvalue weighted by Gasteiger charge is 2.14. The van der Waals surface area contributed by atoms with Crippen LogP contribution in [0.5, 0.6) is 0 Å². The predicted octanol–water partition coefficient (Wildman–Crippen LogP) is 3.52. The highest BCUT2D eigenvalue weighted by atomic mass is 79.9. The average molecular weight is 466 g/mol. The van der Waals surface area contributed by atoms with Gasteiger partial charge in [-0.05, 0) is 38.7 Å². The van der Waals surface area contributed by atoms with Crippen LogP contribution in [-0.2, 0) is 6.54 Å². The van der Waals surface area contributed by atoms with E-state index >= 15 is 0 Å². The van der Waals surface area contributed by atoms with Gasteiger partial charge in [0.25, 0.3) is 0 Å². The summed E-state index contributed by atoms with van der Waals surface area (Å²) in [6.45, 7) is 0.549. The molecule has 0 fully saturated rings. The van der Waals surface area contributed by atoms with Crippen molar-refractivity contribution < 1.29 is 9.93 Å². The third kappa shape index (κ3) is 3.46. The van der Waals surface area contributed by atoms with Crippen molar-refractivity contribution in [2.45, 2.75) is 6.54 Å². The predicted molar refractivity (Wildman–Crippen MR) is 113 cm³/mol. The quantitative estimate of drug-likeness (QED) is 0.441.